The molecule has 0 radical (unpaired) electrons. The number of rotatable bonds is 0. The molecule has 0 amide bonds. The van der Waals surface area contributed by atoms with Gasteiger partial charge in [-0.25, -0.2) is 0 Å². The van der Waals surface area contributed by atoms with E-state index >= 15 is 0 Å². The zero-order chi connectivity index (χ0) is 9.22. The molecule has 5 atom stereocenters. The van der Waals surface area contributed by atoms with Crippen molar-refractivity contribution in [3.05, 3.63) is 0 Å². The molecule has 0 spiro atoms. The van der Waals surface area contributed by atoms with Gasteiger partial charge in [0.25, 0.3) is 0 Å². The van der Waals surface area contributed by atoms with E-state index in [0.717, 1.165) is 12.8 Å². The van der Waals surface area contributed by atoms with E-state index < -0.39 is 5.41 Å². The fourth-order valence-corrected chi connectivity index (χ4v) is 3.45. The van der Waals surface area contributed by atoms with E-state index in [9.17, 15) is 4.79 Å². The summed E-state index contributed by atoms with van der Waals surface area (Å²) in [5, 5.41) is 9.07. The predicted octanol–water partition coefficient (Wildman–Crippen LogP) is 1.10. The summed E-state index contributed by atoms with van der Waals surface area (Å²) in [6.07, 6.45) is 1.81. The Labute approximate surface area is 76.7 Å². The van der Waals surface area contributed by atoms with Crippen LogP contribution in [0.5, 0.6) is 0 Å². The molecule has 2 saturated carbocycles. The molecule has 13 heavy (non-hydrogen) atoms. The number of hydrogen-bond donors (Lipinski definition) is 0. The van der Waals surface area contributed by atoms with Crippen LogP contribution in [0, 0.1) is 34.5 Å². The number of nitriles is 1. The van der Waals surface area contributed by atoms with Crippen molar-refractivity contribution in [2.75, 3.05) is 0 Å². The molecule has 5 unspecified atom stereocenters. The largest absolute Gasteiger partial charge is 0.461 e. The van der Waals surface area contributed by atoms with Crippen molar-refractivity contribution < 1.29 is 9.53 Å². The van der Waals surface area contributed by atoms with Crippen molar-refractivity contribution in [2.24, 2.45) is 23.2 Å². The maximum Gasteiger partial charge on any atom is 0.327 e. The van der Waals surface area contributed by atoms with Gasteiger partial charge in [-0.05, 0) is 24.7 Å². The fraction of sp³-hybridized carbons (Fsp3) is 0.800. The molecular formula is C10H11NO2. The summed E-state index contributed by atoms with van der Waals surface area (Å²) in [5.74, 6) is 0.959. The van der Waals surface area contributed by atoms with Crippen LogP contribution in [0.2, 0.25) is 0 Å². The third kappa shape index (κ3) is 0.580. The molecule has 0 aromatic rings. The van der Waals surface area contributed by atoms with Gasteiger partial charge in [0.1, 0.15) is 6.10 Å². The molecule has 0 N–H and O–H groups in total. The van der Waals surface area contributed by atoms with E-state index in [1.54, 1.807) is 0 Å². The molecule has 1 saturated heterocycles. The Kier molecular flexibility index (Phi) is 1.07. The Balaban J connectivity index is 2.12. The van der Waals surface area contributed by atoms with E-state index in [1.807, 2.05) is 0 Å². The number of hydrogen-bond acceptors (Lipinski definition) is 3. The third-order valence-corrected chi connectivity index (χ3v) is 4.24. The van der Waals surface area contributed by atoms with Crippen molar-refractivity contribution in [1.29, 1.82) is 5.26 Å². The number of nitrogens with zero attached hydrogens (tertiary/aromatic N) is 1. The van der Waals surface area contributed by atoms with Crippen LogP contribution in [0.3, 0.4) is 0 Å². The second kappa shape index (κ2) is 1.89. The van der Waals surface area contributed by atoms with Gasteiger partial charge in [0, 0.05) is 5.92 Å². The molecular weight excluding hydrogens is 166 g/mol. The molecule has 3 rings (SSSR count). The van der Waals surface area contributed by atoms with Crippen LogP contribution < -0.4 is 0 Å². The first-order valence-electron chi connectivity index (χ1n) is 4.81. The zero-order valence-corrected chi connectivity index (χ0v) is 7.49. The Bertz CT molecular complexity index is 332. The van der Waals surface area contributed by atoms with Gasteiger partial charge < -0.3 is 4.74 Å². The molecule has 3 nitrogen and oxygen atoms in total. The summed E-state index contributed by atoms with van der Waals surface area (Å²) in [4.78, 5) is 11.5. The lowest BCUT2D eigenvalue weighted by Crippen LogP contribution is -2.33. The highest BCUT2D eigenvalue weighted by atomic mass is 16.6. The summed E-state index contributed by atoms with van der Waals surface area (Å²) >= 11 is 0. The van der Waals surface area contributed by atoms with Gasteiger partial charge in [-0.2, -0.15) is 5.26 Å². The predicted molar refractivity (Wildman–Crippen MR) is 43.3 cm³/mol. The highest BCUT2D eigenvalue weighted by Crippen LogP contribution is 2.63. The minimum absolute atomic E-state index is 0.0471. The van der Waals surface area contributed by atoms with Gasteiger partial charge in [-0.15, -0.1) is 0 Å². The van der Waals surface area contributed by atoms with Crippen molar-refractivity contribution >= 4 is 5.97 Å². The molecule has 0 aromatic carbocycles. The van der Waals surface area contributed by atoms with E-state index in [1.165, 1.54) is 0 Å². The average Bonchev–Trinajstić information content (AvgIpc) is 2.68. The lowest BCUT2D eigenvalue weighted by Gasteiger charge is -2.24. The Morgan fingerprint density at radius 2 is 2.46 bits per heavy atom. The van der Waals surface area contributed by atoms with Crippen LogP contribution in [0.1, 0.15) is 19.8 Å². The number of esters is 1. The third-order valence-electron chi connectivity index (χ3n) is 4.24. The minimum atomic E-state index is -0.748. The van der Waals surface area contributed by atoms with E-state index in [0.29, 0.717) is 11.8 Å². The summed E-state index contributed by atoms with van der Waals surface area (Å²) in [5.41, 5.74) is -0.748. The standard InChI is InChI=1S/C10H11NO2/c1-5-6-2-7-8(5)13-9(12)10(7,3-6)4-11/h5-8H,2-3H2,1H3. The number of carbonyl (C=O) groups is 1. The second-order valence-electron chi connectivity index (χ2n) is 4.62. The molecule has 3 heteroatoms. The number of carbonyl (C=O) groups excluding carboxylic acids is 1. The van der Waals surface area contributed by atoms with Crippen molar-refractivity contribution in [2.45, 2.75) is 25.9 Å². The lowest BCUT2D eigenvalue weighted by molar-refractivity contribution is -0.146. The normalized spacial score (nSPS) is 56.5. The van der Waals surface area contributed by atoms with Gasteiger partial charge in [-0.3, -0.25) is 4.79 Å². The van der Waals surface area contributed by atoms with E-state index in [2.05, 4.69) is 13.0 Å². The average molecular weight is 177 g/mol. The summed E-state index contributed by atoms with van der Waals surface area (Å²) in [6.45, 7) is 2.13. The SMILES string of the molecule is CC1C2CC3C1OC(=O)C3(C#N)C2. The van der Waals surface area contributed by atoms with Crippen molar-refractivity contribution in [3.8, 4) is 6.07 Å². The number of ether oxygens (including phenoxy) is 1. The van der Waals surface area contributed by atoms with Crippen LogP contribution in [0.25, 0.3) is 0 Å². The van der Waals surface area contributed by atoms with Crippen LogP contribution in [0.15, 0.2) is 0 Å². The molecule has 0 aromatic heterocycles. The van der Waals surface area contributed by atoms with Gasteiger partial charge in [0.05, 0.1) is 6.07 Å². The quantitative estimate of drug-likeness (QED) is 0.520. The van der Waals surface area contributed by atoms with E-state index in [4.69, 9.17) is 10.00 Å². The highest BCUT2D eigenvalue weighted by molar-refractivity contribution is 5.84. The molecule has 2 bridgehead atoms. The van der Waals surface area contributed by atoms with E-state index in [-0.39, 0.29) is 18.0 Å². The maximum absolute atomic E-state index is 11.5. The number of fused-ring (bicyclic) bond motifs is 1. The summed E-state index contributed by atoms with van der Waals surface area (Å²) < 4.78 is 5.28. The molecule has 2 aliphatic carbocycles. The van der Waals surface area contributed by atoms with Crippen molar-refractivity contribution in [3.63, 3.8) is 0 Å². The Morgan fingerprint density at radius 1 is 1.69 bits per heavy atom. The smallest absolute Gasteiger partial charge is 0.327 e. The Hall–Kier alpha value is -1.04. The monoisotopic (exact) mass is 177 g/mol. The molecule has 3 fully saturated rings. The molecule has 1 aliphatic heterocycles. The summed E-state index contributed by atoms with van der Waals surface area (Å²) in [7, 11) is 0. The summed E-state index contributed by atoms with van der Waals surface area (Å²) in [6, 6.07) is 2.20. The van der Waals surface area contributed by atoms with Gasteiger partial charge in [0.15, 0.2) is 5.41 Å². The van der Waals surface area contributed by atoms with Gasteiger partial charge in [0.2, 0.25) is 0 Å². The first-order valence-corrected chi connectivity index (χ1v) is 4.81. The minimum Gasteiger partial charge on any atom is -0.461 e. The van der Waals surface area contributed by atoms with Crippen LogP contribution >= 0.6 is 0 Å². The first kappa shape index (κ1) is 7.37. The topological polar surface area (TPSA) is 50.1 Å². The van der Waals surface area contributed by atoms with Gasteiger partial charge >= 0.3 is 5.97 Å². The molecule has 68 valence electrons. The zero-order valence-electron chi connectivity index (χ0n) is 7.49. The lowest BCUT2D eigenvalue weighted by atomic mass is 9.72. The van der Waals surface area contributed by atoms with Crippen LogP contribution in [-0.2, 0) is 9.53 Å². The second-order valence-corrected chi connectivity index (χ2v) is 4.62. The Morgan fingerprint density at radius 3 is 3.08 bits per heavy atom. The maximum atomic E-state index is 11.5. The van der Waals surface area contributed by atoms with Crippen LogP contribution in [0.4, 0.5) is 0 Å². The molecule has 3 aliphatic rings. The molecule has 1 heterocycles. The highest BCUT2D eigenvalue weighted by Gasteiger charge is 2.69. The fourth-order valence-electron chi connectivity index (χ4n) is 3.45. The van der Waals surface area contributed by atoms with Gasteiger partial charge in [-0.1, -0.05) is 6.92 Å². The van der Waals surface area contributed by atoms with Crippen LogP contribution in [-0.4, -0.2) is 12.1 Å². The van der Waals surface area contributed by atoms with Crippen molar-refractivity contribution in [1.82, 2.24) is 0 Å². The first-order chi connectivity index (χ1) is 6.19.